The Morgan fingerprint density at radius 2 is 2.19 bits per heavy atom. The zero-order valence-corrected chi connectivity index (χ0v) is 13.3. The Hall–Kier alpha value is -0.800. The molecular formula is C12H19NO6S2. The fraction of sp³-hybridized carbons (Fsp3) is 0.833. The van der Waals surface area contributed by atoms with Crippen LogP contribution in [0.25, 0.3) is 0 Å². The van der Waals surface area contributed by atoms with Gasteiger partial charge in [0.05, 0.1) is 36.5 Å². The van der Waals surface area contributed by atoms with Gasteiger partial charge in [0, 0.05) is 5.25 Å². The number of carboxylic acids is 1. The first-order valence-electron chi connectivity index (χ1n) is 6.65. The lowest BCUT2D eigenvalue weighted by Crippen LogP contribution is -2.50. The normalized spacial score (nSPS) is 34.7. The van der Waals surface area contributed by atoms with Crippen molar-refractivity contribution in [2.24, 2.45) is 5.41 Å². The fourth-order valence-electron chi connectivity index (χ4n) is 2.41. The SMILES string of the molecule is CC1(C(=O)O)COCC1NC(=O)CSC1CCS(=O)(=O)C1. The lowest BCUT2D eigenvalue weighted by atomic mass is 9.85. The van der Waals surface area contributed by atoms with Crippen molar-refractivity contribution in [1.29, 1.82) is 0 Å². The maximum atomic E-state index is 11.9. The minimum absolute atomic E-state index is 0.0496. The zero-order chi connectivity index (χ0) is 15.7. The van der Waals surface area contributed by atoms with Crippen molar-refractivity contribution in [2.75, 3.05) is 30.5 Å². The number of carbonyl (C=O) groups excluding carboxylic acids is 1. The summed E-state index contributed by atoms with van der Waals surface area (Å²) in [4.78, 5) is 23.1. The van der Waals surface area contributed by atoms with Gasteiger partial charge in [-0.15, -0.1) is 11.8 Å². The molecule has 0 radical (unpaired) electrons. The van der Waals surface area contributed by atoms with E-state index in [1.54, 1.807) is 6.92 Å². The molecule has 2 fully saturated rings. The van der Waals surface area contributed by atoms with Gasteiger partial charge in [0.2, 0.25) is 5.91 Å². The van der Waals surface area contributed by atoms with E-state index in [0.717, 1.165) is 0 Å². The van der Waals surface area contributed by atoms with Crippen molar-refractivity contribution in [1.82, 2.24) is 5.32 Å². The molecule has 0 aromatic rings. The van der Waals surface area contributed by atoms with Gasteiger partial charge in [-0.05, 0) is 13.3 Å². The number of thioether (sulfide) groups is 1. The van der Waals surface area contributed by atoms with E-state index in [1.165, 1.54) is 11.8 Å². The van der Waals surface area contributed by atoms with Gasteiger partial charge in [0.1, 0.15) is 5.41 Å². The predicted octanol–water partition coefficient (Wildman–Crippen LogP) is -0.487. The average Bonchev–Trinajstić information content (AvgIpc) is 2.92. The highest BCUT2D eigenvalue weighted by Gasteiger charge is 2.47. The van der Waals surface area contributed by atoms with Gasteiger partial charge in [-0.1, -0.05) is 0 Å². The Morgan fingerprint density at radius 3 is 2.76 bits per heavy atom. The Morgan fingerprint density at radius 1 is 1.48 bits per heavy atom. The quantitative estimate of drug-likeness (QED) is 0.697. The highest BCUT2D eigenvalue weighted by atomic mass is 32.2. The summed E-state index contributed by atoms with van der Waals surface area (Å²) >= 11 is 1.31. The molecule has 2 aliphatic heterocycles. The summed E-state index contributed by atoms with van der Waals surface area (Å²) in [6.07, 6.45) is 0.569. The van der Waals surface area contributed by atoms with Crippen molar-refractivity contribution in [3.8, 4) is 0 Å². The van der Waals surface area contributed by atoms with E-state index in [4.69, 9.17) is 4.74 Å². The van der Waals surface area contributed by atoms with Crippen LogP contribution in [0.1, 0.15) is 13.3 Å². The van der Waals surface area contributed by atoms with Crippen molar-refractivity contribution < 1.29 is 27.9 Å². The van der Waals surface area contributed by atoms with Crippen LogP contribution in [-0.2, 0) is 24.2 Å². The summed E-state index contributed by atoms with van der Waals surface area (Å²) in [6, 6.07) is -0.560. The van der Waals surface area contributed by atoms with Crippen molar-refractivity contribution in [3.63, 3.8) is 0 Å². The van der Waals surface area contributed by atoms with Crippen molar-refractivity contribution >= 4 is 33.5 Å². The van der Waals surface area contributed by atoms with Gasteiger partial charge in [-0.2, -0.15) is 0 Å². The zero-order valence-electron chi connectivity index (χ0n) is 11.7. The number of nitrogens with one attached hydrogen (secondary N) is 1. The number of carboxylic acid groups (broad SMARTS) is 1. The molecule has 0 aromatic heterocycles. The van der Waals surface area contributed by atoms with Crippen LogP contribution in [0.15, 0.2) is 0 Å². The molecule has 2 aliphatic rings. The van der Waals surface area contributed by atoms with Crippen LogP contribution < -0.4 is 5.32 Å². The third kappa shape index (κ3) is 3.89. The van der Waals surface area contributed by atoms with E-state index in [9.17, 15) is 23.1 Å². The smallest absolute Gasteiger partial charge is 0.313 e. The number of amides is 1. The molecule has 0 aromatic carbocycles. The van der Waals surface area contributed by atoms with Gasteiger partial charge in [0.25, 0.3) is 0 Å². The summed E-state index contributed by atoms with van der Waals surface area (Å²) in [7, 11) is -2.95. The number of hydrogen-bond donors (Lipinski definition) is 2. The number of aliphatic carboxylic acids is 1. The molecule has 2 rings (SSSR count). The number of rotatable bonds is 5. The summed E-state index contributed by atoms with van der Waals surface area (Å²) in [5, 5.41) is 11.8. The van der Waals surface area contributed by atoms with Gasteiger partial charge < -0.3 is 15.2 Å². The summed E-state index contributed by atoms with van der Waals surface area (Å²) < 4.78 is 27.8. The summed E-state index contributed by atoms with van der Waals surface area (Å²) in [6.45, 7) is 1.79. The Balaban J connectivity index is 1.81. The molecular weight excluding hydrogens is 318 g/mol. The van der Waals surface area contributed by atoms with Crippen molar-refractivity contribution in [2.45, 2.75) is 24.6 Å². The van der Waals surface area contributed by atoms with Gasteiger partial charge in [0.15, 0.2) is 9.84 Å². The Labute approximate surface area is 127 Å². The monoisotopic (exact) mass is 337 g/mol. The van der Waals surface area contributed by atoms with Gasteiger partial charge in [-0.3, -0.25) is 9.59 Å². The van der Waals surface area contributed by atoms with Crippen LogP contribution in [0.4, 0.5) is 0 Å². The van der Waals surface area contributed by atoms with E-state index in [1.807, 2.05) is 0 Å². The molecule has 120 valence electrons. The molecule has 0 aliphatic carbocycles. The van der Waals surface area contributed by atoms with Gasteiger partial charge >= 0.3 is 5.97 Å². The number of ether oxygens (including phenoxy) is 1. The molecule has 3 atom stereocenters. The molecule has 0 saturated carbocycles. The second kappa shape index (κ2) is 6.13. The Bertz CT molecular complexity index is 534. The third-order valence-electron chi connectivity index (χ3n) is 3.92. The molecule has 9 heteroatoms. The number of sulfone groups is 1. The van der Waals surface area contributed by atoms with E-state index in [2.05, 4.69) is 5.32 Å². The molecule has 3 unspecified atom stereocenters. The first kappa shape index (κ1) is 16.6. The highest BCUT2D eigenvalue weighted by molar-refractivity contribution is 8.02. The first-order chi connectivity index (χ1) is 9.73. The highest BCUT2D eigenvalue weighted by Crippen LogP contribution is 2.29. The summed E-state index contributed by atoms with van der Waals surface area (Å²) in [5.74, 6) is -0.858. The third-order valence-corrected chi connectivity index (χ3v) is 7.20. The second-order valence-electron chi connectivity index (χ2n) is 5.69. The van der Waals surface area contributed by atoms with Crippen molar-refractivity contribution in [3.05, 3.63) is 0 Å². The lowest BCUT2D eigenvalue weighted by Gasteiger charge is -2.25. The molecule has 7 nitrogen and oxygen atoms in total. The fourth-order valence-corrected chi connectivity index (χ4v) is 5.86. The van der Waals surface area contributed by atoms with Crippen LogP contribution in [0.3, 0.4) is 0 Å². The maximum absolute atomic E-state index is 11.9. The standard InChI is InChI=1S/C12H19NO6S2/c1-12(11(15)16)7-19-4-9(12)13-10(14)5-20-8-2-3-21(17,18)6-8/h8-9H,2-7H2,1H3,(H,13,14)(H,15,16). The molecule has 0 bridgehead atoms. The second-order valence-corrected chi connectivity index (χ2v) is 9.21. The average molecular weight is 337 g/mol. The molecule has 21 heavy (non-hydrogen) atoms. The van der Waals surface area contributed by atoms with Crippen LogP contribution in [-0.4, -0.2) is 67.2 Å². The first-order valence-corrected chi connectivity index (χ1v) is 9.52. The molecule has 0 spiro atoms. The number of hydrogen-bond acceptors (Lipinski definition) is 6. The molecule has 2 saturated heterocycles. The van der Waals surface area contributed by atoms with E-state index in [0.29, 0.717) is 6.42 Å². The molecule has 1 amide bonds. The minimum Gasteiger partial charge on any atom is -0.481 e. The topological polar surface area (TPSA) is 110 Å². The van der Waals surface area contributed by atoms with Gasteiger partial charge in [-0.25, -0.2) is 8.42 Å². The number of carbonyl (C=O) groups is 2. The minimum atomic E-state index is -2.95. The molecule has 2 heterocycles. The van der Waals surface area contributed by atoms with Crippen LogP contribution in [0.5, 0.6) is 0 Å². The predicted molar refractivity (Wildman–Crippen MR) is 78.0 cm³/mol. The maximum Gasteiger partial charge on any atom is 0.313 e. The van der Waals surface area contributed by atoms with E-state index >= 15 is 0 Å². The lowest BCUT2D eigenvalue weighted by molar-refractivity contribution is -0.148. The van der Waals surface area contributed by atoms with Crippen LogP contribution in [0.2, 0.25) is 0 Å². The largest absolute Gasteiger partial charge is 0.481 e. The van der Waals surface area contributed by atoms with Crippen LogP contribution in [0, 0.1) is 5.41 Å². The summed E-state index contributed by atoms with van der Waals surface area (Å²) in [5.41, 5.74) is -1.11. The van der Waals surface area contributed by atoms with Crippen LogP contribution >= 0.6 is 11.8 Å². The Kier molecular flexibility index (Phi) is 4.84. The van der Waals surface area contributed by atoms with E-state index in [-0.39, 0.29) is 41.6 Å². The molecule has 2 N–H and O–H groups in total. The van der Waals surface area contributed by atoms with E-state index < -0.39 is 27.3 Å².